The number of benzene rings is 1. The Morgan fingerprint density at radius 3 is 2.53 bits per heavy atom. The van der Waals surface area contributed by atoms with Crippen LogP contribution in [0, 0.1) is 10.1 Å². The van der Waals surface area contributed by atoms with E-state index < -0.39 is 4.92 Å². The zero-order chi connectivity index (χ0) is 12.4. The summed E-state index contributed by atoms with van der Waals surface area (Å²) in [6.07, 6.45) is 0. The maximum atomic E-state index is 10.7. The van der Waals surface area contributed by atoms with Gasteiger partial charge in [-0.15, -0.1) is 0 Å². The SMILES string of the molecule is CN1CCN(c2ccc(O)c([N+](=O)[O-])c2)CC1. The number of hydrogen-bond acceptors (Lipinski definition) is 5. The molecule has 1 saturated heterocycles. The predicted octanol–water partition coefficient (Wildman–Crippen LogP) is 1.05. The molecule has 1 fully saturated rings. The van der Waals surface area contributed by atoms with E-state index in [9.17, 15) is 15.2 Å². The van der Waals surface area contributed by atoms with Gasteiger partial charge in [0.25, 0.3) is 0 Å². The highest BCUT2D eigenvalue weighted by Crippen LogP contribution is 2.30. The lowest BCUT2D eigenvalue weighted by atomic mass is 10.2. The molecule has 0 amide bonds. The van der Waals surface area contributed by atoms with Gasteiger partial charge in [-0.2, -0.15) is 0 Å². The summed E-state index contributed by atoms with van der Waals surface area (Å²) in [6, 6.07) is 4.53. The number of piperazine rings is 1. The molecule has 6 heteroatoms. The van der Waals surface area contributed by atoms with Gasteiger partial charge in [-0.25, -0.2) is 0 Å². The third kappa shape index (κ3) is 2.47. The van der Waals surface area contributed by atoms with E-state index in [0.717, 1.165) is 31.9 Å². The molecule has 1 aliphatic heterocycles. The fourth-order valence-corrected chi connectivity index (χ4v) is 1.92. The molecule has 0 bridgehead atoms. The smallest absolute Gasteiger partial charge is 0.312 e. The first kappa shape index (κ1) is 11.7. The molecule has 92 valence electrons. The maximum Gasteiger partial charge on any atom is 0.312 e. The lowest BCUT2D eigenvalue weighted by Crippen LogP contribution is -2.44. The van der Waals surface area contributed by atoms with E-state index in [-0.39, 0.29) is 11.4 Å². The summed E-state index contributed by atoms with van der Waals surface area (Å²) in [4.78, 5) is 14.5. The maximum absolute atomic E-state index is 10.7. The number of likely N-dealkylation sites (N-methyl/N-ethyl adjacent to an activating group) is 1. The van der Waals surface area contributed by atoms with Gasteiger partial charge in [0.1, 0.15) is 0 Å². The van der Waals surface area contributed by atoms with E-state index in [1.54, 1.807) is 6.07 Å². The molecular formula is C11H15N3O3. The quantitative estimate of drug-likeness (QED) is 0.615. The number of aromatic hydroxyl groups is 1. The van der Waals surface area contributed by atoms with Crippen molar-refractivity contribution in [3.05, 3.63) is 28.3 Å². The first-order chi connectivity index (χ1) is 8.08. The first-order valence-corrected chi connectivity index (χ1v) is 5.49. The van der Waals surface area contributed by atoms with E-state index in [0.29, 0.717) is 0 Å². The molecule has 1 aromatic carbocycles. The number of phenolic OH excluding ortho intramolecular Hbond substituents is 1. The van der Waals surface area contributed by atoms with Crippen LogP contribution in [0.25, 0.3) is 0 Å². The summed E-state index contributed by atoms with van der Waals surface area (Å²) in [6.45, 7) is 3.57. The topological polar surface area (TPSA) is 69.8 Å². The molecule has 1 aliphatic rings. The van der Waals surface area contributed by atoms with E-state index in [2.05, 4.69) is 16.8 Å². The van der Waals surface area contributed by atoms with Crippen molar-refractivity contribution in [3.63, 3.8) is 0 Å². The van der Waals surface area contributed by atoms with Crippen LogP contribution in [0.2, 0.25) is 0 Å². The minimum absolute atomic E-state index is 0.235. The molecule has 0 saturated carbocycles. The monoisotopic (exact) mass is 237 g/mol. The number of hydrogen-bond donors (Lipinski definition) is 1. The molecule has 0 aromatic heterocycles. The van der Waals surface area contributed by atoms with Crippen LogP contribution in [0.15, 0.2) is 18.2 Å². The Labute approximate surface area is 99.2 Å². The number of rotatable bonds is 2. The van der Waals surface area contributed by atoms with Crippen molar-refractivity contribution in [1.82, 2.24) is 4.90 Å². The fraction of sp³-hybridized carbons (Fsp3) is 0.455. The van der Waals surface area contributed by atoms with Crippen LogP contribution < -0.4 is 4.90 Å². The second-order valence-corrected chi connectivity index (χ2v) is 4.22. The zero-order valence-electron chi connectivity index (χ0n) is 9.67. The van der Waals surface area contributed by atoms with Crippen molar-refractivity contribution in [3.8, 4) is 5.75 Å². The minimum atomic E-state index is -0.561. The first-order valence-electron chi connectivity index (χ1n) is 5.49. The van der Waals surface area contributed by atoms with Crippen molar-refractivity contribution >= 4 is 11.4 Å². The van der Waals surface area contributed by atoms with Crippen LogP contribution in [-0.4, -0.2) is 48.2 Å². The van der Waals surface area contributed by atoms with Crippen LogP contribution in [0.3, 0.4) is 0 Å². The average Bonchev–Trinajstić information content (AvgIpc) is 2.30. The zero-order valence-corrected chi connectivity index (χ0v) is 9.67. The summed E-state index contributed by atoms with van der Waals surface area (Å²) in [5.74, 6) is -0.284. The lowest BCUT2D eigenvalue weighted by Gasteiger charge is -2.33. The summed E-state index contributed by atoms with van der Waals surface area (Å²) >= 11 is 0. The van der Waals surface area contributed by atoms with E-state index in [4.69, 9.17) is 0 Å². The molecule has 0 atom stereocenters. The average molecular weight is 237 g/mol. The molecule has 17 heavy (non-hydrogen) atoms. The van der Waals surface area contributed by atoms with Gasteiger partial charge in [-0.3, -0.25) is 10.1 Å². The largest absolute Gasteiger partial charge is 0.502 e. The number of anilines is 1. The number of nitro benzene ring substituents is 1. The summed E-state index contributed by atoms with van der Waals surface area (Å²) in [5, 5.41) is 20.1. The summed E-state index contributed by atoms with van der Waals surface area (Å²) in [5.41, 5.74) is 0.559. The Hall–Kier alpha value is -1.82. The highest BCUT2D eigenvalue weighted by Gasteiger charge is 2.19. The highest BCUT2D eigenvalue weighted by atomic mass is 16.6. The van der Waals surface area contributed by atoms with Crippen molar-refractivity contribution in [2.24, 2.45) is 0 Å². The van der Waals surface area contributed by atoms with Crippen molar-refractivity contribution in [2.75, 3.05) is 38.1 Å². The Balaban J connectivity index is 2.21. The van der Waals surface area contributed by atoms with Crippen LogP contribution in [-0.2, 0) is 0 Å². The Morgan fingerprint density at radius 2 is 1.94 bits per heavy atom. The second kappa shape index (κ2) is 4.58. The molecule has 0 radical (unpaired) electrons. The Morgan fingerprint density at radius 1 is 1.29 bits per heavy atom. The molecule has 6 nitrogen and oxygen atoms in total. The summed E-state index contributed by atoms with van der Waals surface area (Å²) in [7, 11) is 2.05. The molecule has 1 N–H and O–H groups in total. The van der Waals surface area contributed by atoms with Gasteiger partial charge in [-0.05, 0) is 19.2 Å². The Bertz CT molecular complexity index is 428. The van der Waals surface area contributed by atoms with Crippen LogP contribution in [0.1, 0.15) is 0 Å². The van der Waals surface area contributed by atoms with Gasteiger partial charge in [0, 0.05) is 37.9 Å². The van der Waals surface area contributed by atoms with Gasteiger partial charge < -0.3 is 14.9 Å². The van der Waals surface area contributed by atoms with E-state index >= 15 is 0 Å². The van der Waals surface area contributed by atoms with Crippen molar-refractivity contribution in [1.29, 1.82) is 0 Å². The minimum Gasteiger partial charge on any atom is -0.502 e. The molecule has 2 rings (SSSR count). The van der Waals surface area contributed by atoms with Gasteiger partial charge in [-0.1, -0.05) is 0 Å². The Kier molecular flexibility index (Phi) is 3.14. The fourth-order valence-electron chi connectivity index (χ4n) is 1.92. The highest BCUT2D eigenvalue weighted by molar-refractivity contribution is 5.59. The van der Waals surface area contributed by atoms with Crippen LogP contribution >= 0.6 is 0 Å². The van der Waals surface area contributed by atoms with Gasteiger partial charge in [0.05, 0.1) is 4.92 Å². The molecule has 1 aromatic rings. The number of phenols is 1. The molecule has 1 heterocycles. The molecule has 0 unspecified atom stereocenters. The lowest BCUT2D eigenvalue weighted by molar-refractivity contribution is -0.385. The third-order valence-electron chi connectivity index (χ3n) is 3.02. The van der Waals surface area contributed by atoms with Crippen LogP contribution in [0.5, 0.6) is 5.75 Å². The molecule has 0 aliphatic carbocycles. The standard InChI is InChI=1S/C11H15N3O3/c1-12-4-6-13(7-5-12)9-2-3-11(15)10(8-9)14(16)17/h2-3,8,15H,4-7H2,1H3. The number of nitro groups is 1. The van der Waals surface area contributed by atoms with Crippen LogP contribution in [0.4, 0.5) is 11.4 Å². The van der Waals surface area contributed by atoms with Gasteiger partial charge in [0.15, 0.2) is 5.75 Å². The predicted molar refractivity (Wildman–Crippen MR) is 64.5 cm³/mol. The number of nitrogens with zero attached hydrogens (tertiary/aromatic N) is 3. The molecular weight excluding hydrogens is 222 g/mol. The van der Waals surface area contributed by atoms with Crippen molar-refractivity contribution < 1.29 is 10.0 Å². The van der Waals surface area contributed by atoms with Crippen molar-refractivity contribution in [2.45, 2.75) is 0 Å². The molecule has 0 spiro atoms. The van der Waals surface area contributed by atoms with Gasteiger partial charge >= 0.3 is 5.69 Å². The third-order valence-corrected chi connectivity index (χ3v) is 3.02. The van der Waals surface area contributed by atoms with E-state index in [1.165, 1.54) is 12.1 Å². The second-order valence-electron chi connectivity index (χ2n) is 4.22. The van der Waals surface area contributed by atoms with Gasteiger partial charge in [0.2, 0.25) is 0 Å². The van der Waals surface area contributed by atoms with E-state index in [1.807, 2.05) is 0 Å². The summed E-state index contributed by atoms with van der Waals surface area (Å²) < 4.78 is 0. The normalized spacial score (nSPS) is 17.1.